The summed E-state index contributed by atoms with van der Waals surface area (Å²) in [5, 5.41) is 13.4. The van der Waals surface area contributed by atoms with Crippen LogP contribution in [0.4, 0.5) is 17.6 Å². The van der Waals surface area contributed by atoms with Crippen LogP contribution in [0.5, 0.6) is 0 Å². The molecule has 1 fully saturated rings. The van der Waals surface area contributed by atoms with Crippen molar-refractivity contribution >= 4 is 36.0 Å². The van der Waals surface area contributed by atoms with Crippen molar-refractivity contribution in [2.75, 3.05) is 26.6 Å². The summed E-state index contributed by atoms with van der Waals surface area (Å²) in [6.07, 6.45) is -1.89. The number of fused-ring (bicyclic) bond motifs is 1. The maximum atomic E-state index is 14.2. The van der Waals surface area contributed by atoms with Crippen molar-refractivity contribution in [1.82, 2.24) is 19.6 Å². The number of halogens is 4. The predicted octanol–water partition coefficient (Wildman–Crippen LogP) is 6.48. The summed E-state index contributed by atoms with van der Waals surface area (Å²) in [6, 6.07) is 4.95. The average Bonchev–Trinajstić information content (AvgIpc) is 3.32. The van der Waals surface area contributed by atoms with Crippen molar-refractivity contribution in [3.05, 3.63) is 29.6 Å². The smallest absolute Gasteiger partial charge is 0.271 e. The number of ether oxygens (including phenoxy) is 2. The van der Waals surface area contributed by atoms with E-state index in [0.29, 0.717) is 29.0 Å². The third-order valence-corrected chi connectivity index (χ3v) is 11.7. The monoisotopic (exact) mass is 708 g/mol. The molecule has 1 aliphatic rings. The number of rotatable bonds is 17. The SMILES string of the molecule is CC(C)(C)[S@@](=O)N[C@H](c1nc2cc([C@@H](O)NC(=O)CC(CCF)CCF)ccc2n1COCC[Si](C)(C)C)[C@]1(C)CCC(F)(F)CO1. The van der Waals surface area contributed by atoms with Gasteiger partial charge in [-0.15, -0.1) is 0 Å². The molecular formula is C32H52F4N4O5SSi. The lowest BCUT2D eigenvalue weighted by Gasteiger charge is -2.43. The van der Waals surface area contributed by atoms with Gasteiger partial charge in [0.1, 0.15) is 25.2 Å². The minimum absolute atomic E-state index is 0.0273. The van der Waals surface area contributed by atoms with Crippen LogP contribution in [0.25, 0.3) is 11.0 Å². The second-order valence-corrected chi connectivity index (χ2v) is 22.5. The molecule has 1 aromatic carbocycles. The molecule has 0 unspecified atom stereocenters. The van der Waals surface area contributed by atoms with Gasteiger partial charge in [-0.1, -0.05) is 25.7 Å². The topological polar surface area (TPSA) is 115 Å². The number of nitrogens with zero attached hydrogens (tertiary/aromatic N) is 2. The quantitative estimate of drug-likeness (QED) is 0.0751. The normalized spacial score (nSPS) is 20.8. The van der Waals surface area contributed by atoms with Gasteiger partial charge in [0.25, 0.3) is 5.92 Å². The van der Waals surface area contributed by atoms with E-state index in [-0.39, 0.29) is 32.4 Å². The summed E-state index contributed by atoms with van der Waals surface area (Å²) < 4.78 is 83.9. The van der Waals surface area contributed by atoms with Crippen molar-refractivity contribution in [2.45, 2.75) is 121 Å². The van der Waals surface area contributed by atoms with E-state index in [0.717, 1.165) is 6.04 Å². The molecule has 0 spiro atoms. The van der Waals surface area contributed by atoms with Gasteiger partial charge in [0.2, 0.25) is 5.91 Å². The molecule has 47 heavy (non-hydrogen) atoms. The summed E-state index contributed by atoms with van der Waals surface area (Å²) in [4.78, 5) is 17.5. The van der Waals surface area contributed by atoms with Crippen LogP contribution >= 0.6 is 0 Å². The molecule has 9 nitrogen and oxygen atoms in total. The van der Waals surface area contributed by atoms with E-state index in [1.54, 1.807) is 50.5 Å². The summed E-state index contributed by atoms with van der Waals surface area (Å²) >= 11 is 0. The zero-order valence-corrected chi connectivity index (χ0v) is 30.5. The summed E-state index contributed by atoms with van der Waals surface area (Å²) in [7, 11) is -3.04. The molecule has 0 radical (unpaired) electrons. The summed E-state index contributed by atoms with van der Waals surface area (Å²) in [5.74, 6) is -3.64. The van der Waals surface area contributed by atoms with Crippen LogP contribution in [-0.4, -0.2) is 75.7 Å². The molecule has 0 bridgehead atoms. The Hall–Kier alpha value is -1.91. The Morgan fingerprint density at radius 3 is 2.40 bits per heavy atom. The van der Waals surface area contributed by atoms with E-state index in [1.807, 2.05) is 0 Å². The predicted molar refractivity (Wildman–Crippen MR) is 179 cm³/mol. The number of carbonyl (C=O) groups excluding carboxylic acids is 1. The molecule has 1 saturated heterocycles. The Balaban J connectivity index is 2.03. The van der Waals surface area contributed by atoms with Crippen LogP contribution in [0, 0.1) is 5.92 Å². The van der Waals surface area contributed by atoms with Gasteiger partial charge < -0.3 is 24.5 Å². The van der Waals surface area contributed by atoms with E-state index in [4.69, 9.17) is 14.5 Å². The molecule has 3 N–H and O–H groups in total. The second-order valence-electron chi connectivity index (χ2n) is 14.9. The van der Waals surface area contributed by atoms with Crippen LogP contribution in [0.1, 0.15) is 83.5 Å². The molecule has 2 aromatic rings. The fraction of sp³-hybridized carbons (Fsp3) is 0.750. The number of hydrogen-bond acceptors (Lipinski definition) is 6. The summed E-state index contributed by atoms with van der Waals surface area (Å²) in [6.45, 7) is 12.3. The van der Waals surface area contributed by atoms with Crippen molar-refractivity contribution in [3.63, 3.8) is 0 Å². The fourth-order valence-corrected chi connectivity index (χ4v) is 6.93. The third-order valence-electron chi connectivity index (χ3n) is 8.39. The Labute approximate surface area is 279 Å². The Morgan fingerprint density at radius 2 is 1.85 bits per heavy atom. The fourth-order valence-electron chi connectivity index (χ4n) is 5.25. The first-order chi connectivity index (χ1) is 21.8. The number of aliphatic hydroxyl groups excluding tert-OH is 1. The van der Waals surface area contributed by atoms with E-state index in [2.05, 4.69) is 29.7 Å². The van der Waals surface area contributed by atoms with Crippen LogP contribution in [0.3, 0.4) is 0 Å². The lowest BCUT2D eigenvalue weighted by molar-refractivity contribution is -0.191. The first-order valence-electron chi connectivity index (χ1n) is 16.2. The summed E-state index contributed by atoms with van der Waals surface area (Å²) in [5.41, 5.74) is 0.146. The number of aliphatic hydroxyl groups is 1. The van der Waals surface area contributed by atoms with Crippen LogP contribution in [0.2, 0.25) is 25.7 Å². The number of carbonyl (C=O) groups is 1. The van der Waals surface area contributed by atoms with Crippen molar-refractivity contribution < 1.29 is 41.1 Å². The standard InChI is InChI=1S/C32H52F4N4O5SSi/c1-30(2,3)46(43)39-27(31(4)12-13-32(35,36)20-45-31)28-37-24-19-23(29(42)38-26(41)18-22(10-14-33)11-15-34)8-9-25(24)40(28)21-44-16-17-47(5,6)7/h8-9,19,22,27,29,39,42H,10-18,20-21H2,1-7H3,(H,38,41)/t27-,29-,31+,46-/m1/s1. The highest BCUT2D eigenvalue weighted by Gasteiger charge is 2.49. The van der Waals surface area contributed by atoms with E-state index < -0.39 is 85.8 Å². The molecule has 15 heteroatoms. The number of benzene rings is 1. The Bertz CT molecular complexity index is 1350. The van der Waals surface area contributed by atoms with Gasteiger partial charge in [-0.05, 0) is 71.1 Å². The van der Waals surface area contributed by atoms with E-state index in [1.165, 1.54) is 0 Å². The zero-order chi connectivity index (χ0) is 35.2. The second kappa shape index (κ2) is 16.2. The highest BCUT2D eigenvalue weighted by atomic mass is 32.2. The molecule has 1 amide bonds. The van der Waals surface area contributed by atoms with Crippen molar-refractivity contribution in [1.29, 1.82) is 0 Å². The molecule has 1 aromatic heterocycles. The Morgan fingerprint density at radius 1 is 1.19 bits per heavy atom. The molecule has 2 heterocycles. The largest absolute Gasteiger partial charge is 0.369 e. The van der Waals surface area contributed by atoms with E-state index in [9.17, 15) is 31.7 Å². The van der Waals surface area contributed by atoms with Crippen LogP contribution in [0.15, 0.2) is 18.2 Å². The van der Waals surface area contributed by atoms with Gasteiger partial charge in [-0.2, -0.15) is 0 Å². The first-order valence-corrected chi connectivity index (χ1v) is 21.0. The first kappa shape index (κ1) is 39.5. The highest BCUT2D eigenvalue weighted by Crippen LogP contribution is 2.42. The lowest BCUT2D eigenvalue weighted by atomic mass is 9.87. The molecule has 3 rings (SSSR count). The van der Waals surface area contributed by atoms with Crippen LogP contribution < -0.4 is 10.0 Å². The number of hydrogen-bond donors (Lipinski definition) is 3. The minimum atomic E-state index is -2.99. The van der Waals surface area contributed by atoms with Gasteiger partial charge in [-0.3, -0.25) is 13.6 Å². The maximum absolute atomic E-state index is 14.2. The van der Waals surface area contributed by atoms with Crippen LogP contribution in [-0.2, 0) is 32.0 Å². The number of amides is 1. The molecular weight excluding hydrogens is 657 g/mol. The number of aromatic nitrogens is 2. The van der Waals surface area contributed by atoms with Crippen molar-refractivity contribution in [2.24, 2.45) is 5.92 Å². The van der Waals surface area contributed by atoms with Gasteiger partial charge in [-0.25, -0.2) is 22.7 Å². The zero-order valence-electron chi connectivity index (χ0n) is 28.6. The molecule has 268 valence electrons. The van der Waals surface area contributed by atoms with E-state index >= 15 is 0 Å². The third kappa shape index (κ3) is 11.3. The Kier molecular flexibility index (Phi) is 13.6. The molecule has 4 atom stereocenters. The minimum Gasteiger partial charge on any atom is -0.369 e. The van der Waals surface area contributed by atoms with Gasteiger partial charge >= 0.3 is 0 Å². The maximum Gasteiger partial charge on any atom is 0.271 e. The number of alkyl halides is 4. The average molecular weight is 709 g/mol. The van der Waals surface area contributed by atoms with Gasteiger partial charge in [0.15, 0.2) is 6.23 Å². The molecule has 0 aliphatic carbocycles. The highest BCUT2D eigenvalue weighted by molar-refractivity contribution is 7.84. The lowest BCUT2D eigenvalue weighted by Crippen LogP contribution is -2.52. The van der Waals surface area contributed by atoms with Crippen molar-refractivity contribution in [3.8, 4) is 0 Å². The van der Waals surface area contributed by atoms with Gasteiger partial charge in [0, 0.05) is 33.1 Å². The van der Waals surface area contributed by atoms with Gasteiger partial charge in [0.05, 0.1) is 45.7 Å². The molecule has 1 aliphatic heterocycles. The number of nitrogens with one attached hydrogen (secondary N) is 2. The number of imidazole rings is 1. The molecule has 0 saturated carbocycles.